The molecule has 1 aromatic carbocycles. The van der Waals surface area contributed by atoms with Crippen molar-refractivity contribution in [1.82, 2.24) is 4.90 Å². The zero-order chi connectivity index (χ0) is 20.7. The van der Waals surface area contributed by atoms with Crippen molar-refractivity contribution in [3.8, 4) is 0 Å². The van der Waals surface area contributed by atoms with Crippen LogP contribution in [-0.2, 0) is 21.9 Å². The van der Waals surface area contributed by atoms with Crippen LogP contribution in [0.1, 0.15) is 29.5 Å². The highest BCUT2D eigenvalue weighted by molar-refractivity contribution is 7.80. The molecule has 1 fully saturated rings. The first-order valence-corrected chi connectivity index (χ1v) is 7.95. The van der Waals surface area contributed by atoms with Crippen molar-refractivity contribution in [2.45, 2.75) is 36.1 Å². The normalized spacial score (nSPS) is 17.9. The summed E-state index contributed by atoms with van der Waals surface area (Å²) in [7, 11) is 0. The Hall–Kier alpha value is -2.17. The summed E-state index contributed by atoms with van der Waals surface area (Å²) < 4.78 is 79.9. The third kappa shape index (κ3) is 4.07. The third-order valence-corrected chi connectivity index (χ3v) is 4.50. The van der Waals surface area contributed by atoms with Gasteiger partial charge in [0.05, 0.1) is 11.1 Å². The van der Waals surface area contributed by atoms with E-state index in [1.807, 2.05) is 0 Å². The van der Waals surface area contributed by atoms with Gasteiger partial charge in [-0.3, -0.25) is 4.79 Å². The Morgan fingerprint density at radius 3 is 2.15 bits per heavy atom. The van der Waals surface area contributed by atoms with E-state index in [2.05, 4.69) is 19.2 Å². The van der Waals surface area contributed by atoms with Crippen molar-refractivity contribution in [2.24, 2.45) is 0 Å². The van der Waals surface area contributed by atoms with Crippen molar-refractivity contribution in [2.75, 3.05) is 6.54 Å². The molecular formula is C16H13F6NO3S. The lowest BCUT2D eigenvalue weighted by molar-refractivity contribution is -0.163. The lowest BCUT2D eigenvalue weighted by atomic mass is 9.94. The molecule has 1 unspecified atom stereocenters. The maximum absolute atomic E-state index is 13.4. The number of thiol groups is 1. The smallest absolute Gasteiger partial charge is 0.418 e. The SMILES string of the molecule is C=C(C(=O)N1CCCC1C(=O)O)c1ccc(S)c(C(F)(F)F)c1C(F)(F)F. The molecule has 0 aliphatic carbocycles. The van der Waals surface area contributed by atoms with Gasteiger partial charge in [-0.25, -0.2) is 4.79 Å². The molecule has 0 bridgehead atoms. The van der Waals surface area contributed by atoms with Crippen LogP contribution in [0, 0.1) is 0 Å². The predicted molar refractivity (Wildman–Crippen MR) is 85.1 cm³/mol. The van der Waals surface area contributed by atoms with Crippen LogP contribution < -0.4 is 0 Å². The zero-order valence-corrected chi connectivity index (χ0v) is 14.4. The first kappa shape index (κ1) is 21.1. The minimum atomic E-state index is -5.45. The zero-order valence-electron chi connectivity index (χ0n) is 13.5. The molecule has 0 aromatic heterocycles. The van der Waals surface area contributed by atoms with Gasteiger partial charge in [0.2, 0.25) is 0 Å². The summed E-state index contributed by atoms with van der Waals surface area (Å²) in [5.74, 6) is -2.52. The Balaban J connectivity index is 2.60. The van der Waals surface area contributed by atoms with Gasteiger partial charge in [0.15, 0.2) is 0 Å². The summed E-state index contributed by atoms with van der Waals surface area (Å²) >= 11 is 3.47. The van der Waals surface area contributed by atoms with E-state index in [4.69, 9.17) is 5.11 Å². The fourth-order valence-electron chi connectivity index (χ4n) is 2.98. The van der Waals surface area contributed by atoms with Crippen LogP contribution in [0.15, 0.2) is 23.6 Å². The van der Waals surface area contributed by atoms with Crippen LogP contribution in [-0.4, -0.2) is 34.5 Å². The van der Waals surface area contributed by atoms with Gasteiger partial charge in [-0.05, 0) is 24.5 Å². The summed E-state index contributed by atoms with van der Waals surface area (Å²) in [5.41, 5.74) is -6.03. The summed E-state index contributed by atoms with van der Waals surface area (Å²) in [6.07, 6.45) is -10.4. The van der Waals surface area contributed by atoms with Gasteiger partial charge >= 0.3 is 18.3 Å². The van der Waals surface area contributed by atoms with E-state index in [0.717, 1.165) is 4.90 Å². The van der Waals surface area contributed by atoms with Gasteiger partial charge < -0.3 is 10.0 Å². The molecule has 1 aliphatic heterocycles. The highest BCUT2D eigenvalue weighted by Gasteiger charge is 2.47. The van der Waals surface area contributed by atoms with E-state index in [1.54, 1.807) is 0 Å². The van der Waals surface area contributed by atoms with Crippen molar-refractivity contribution in [3.63, 3.8) is 0 Å². The standard InChI is InChI=1S/C16H13F6NO3S/c1-7(13(24)23-6-2-3-9(23)14(25)26)8-4-5-10(27)12(16(20,21)22)11(8)15(17,18)19/h4-5,9,27H,1-3,6H2,(H,25,26). The molecule has 1 saturated heterocycles. The maximum Gasteiger partial charge on any atom is 0.418 e. The summed E-state index contributed by atoms with van der Waals surface area (Å²) in [4.78, 5) is 23.5. The number of carbonyl (C=O) groups excluding carboxylic acids is 1. The number of carboxylic acid groups (broad SMARTS) is 1. The molecule has 1 amide bonds. The predicted octanol–water partition coefficient (Wildman–Crippen LogP) is 4.10. The van der Waals surface area contributed by atoms with E-state index in [9.17, 15) is 35.9 Å². The van der Waals surface area contributed by atoms with E-state index >= 15 is 0 Å². The second-order valence-electron chi connectivity index (χ2n) is 5.85. The Morgan fingerprint density at radius 1 is 1.11 bits per heavy atom. The van der Waals surface area contributed by atoms with E-state index in [1.165, 1.54) is 0 Å². The lowest BCUT2D eigenvalue weighted by Crippen LogP contribution is -2.40. The Morgan fingerprint density at radius 2 is 1.67 bits per heavy atom. The van der Waals surface area contributed by atoms with Gasteiger partial charge in [-0.2, -0.15) is 26.3 Å². The van der Waals surface area contributed by atoms with Gasteiger partial charge in [-0.1, -0.05) is 12.6 Å². The number of rotatable bonds is 3. The van der Waals surface area contributed by atoms with Crippen molar-refractivity contribution < 1.29 is 41.0 Å². The second kappa shape index (κ2) is 7.10. The fraction of sp³-hybridized carbons (Fsp3) is 0.375. The molecule has 0 saturated carbocycles. The highest BCUT2D eigenvalue weighted by Crippen LogP contribution is 2.46. The monoisotopic (exact) mass is 413 g/mol. The molecule has 1 aromatic rings. The number of likely N-dealkylation sites (tertiary alicyclic amines) is 1. The van der Waals surface area contributed by atoms with Gasteiger partial charge in [0.25, 0.3) is 5.91 Å². The van der Waals surface area contributed by atoms with E-state index in [-0.39, 0.29) is 13.0 Å². The average Bonchev–Trinajstić information content (AvgIpc) is 3.00. The molecule has 2 rings (SSSR count). The van der Waals surface area contributed by atoms with Crippen LogP contribution in [0.5, 0.6) is 0 Å². The highest BCUT2D eigenvalue weighted by atomic mass is 32.1. The number of amides is 1. The van der Waals surface area contributed by atoms with E-state index in [0.29, 0.717) is 18.6 Å². The average molecular weight is 413 g/mol. The van der Waals surface area contributed by atoms with Crippen LogP contribution in [0.4, 0.5) is 26.3 Å². The Kier molecular flexibility index (Phi) is 5.56. The largest absolute Gasteiger partial charge is 0.480 e. The molecule has 4 nitrogen and oxygen atoms in total. The number of halogens is 6. The first-order chi connectivity index (χ1) is 12.3. The minimum absolute atomic E-state index is 0.0487. The number of carbonyl (C=O) groups is 2. The van der Waals surface area contributed by atoms with Crippen molar-refractivity contribution >= 4 is 30.1 Å². The summed E-state index contributed by atoms with van der Waals surface area (Å²) in [6, 6.07) is 0.0925. The number of hydrogen-bond donors (Lipinski definition) is 2. The fourth-order valence-corrected chi connectivity index (χ4v) is 3.29. The third-order valence-electron chi connectivity index (χ3n) is 4.13. The molecular weight excluding hydrogens is 400 g/mol. The topological polar surface area (TPSA) is 57.6 Å². The first-order valence-electron chi connectivity index (χ1n) is 7.50. The quantitative estimate of drug-likeness (QED) is 0.446. The number of nitrogens with zero attached hydrogens (tertiary/aromatic N) is 1. The van der Waals surface area contributed by atoms with Crippen LogP contribution >= 0.6 is 12.6 Å². The molecule has 27 heavy (non-hydrogen) atoms. The van der Waals surface area contributed by atoms with Gasteiger partial charge in [0.1, 0.15) is 6.04 Å². The second-order valence-corrected chi connectivity index (χ2v) is 6.33. The number of carboxylic acids is 1. The molecule has 1 heterocycles. The maximum atomic E-state index is 13.4. The number of alkyl halides is 6. The Labute approximate surface area is 154 Å². The lowest BCUT2D eigenvalue weighted by Gasteiger charge is -2.25. The number of benzene rings is 1. The molecule has 1 aliphatic rings. The molecule has 11 heteroatoms. The molecule has 148 valence electrons. The number of hydrogen-bond acceptors (Lipinski definition) is 3. The van der Waals surface area contributed by atoms with Gasteiger partial charge in [0, 0.05) is 17.0 Å². The summed E-state index contributed by atoms with van der Waals surface area (Å²) in [6.45, 7) is 3.17. The summed E-state index contributed by atoms with van der Waals surface area (Å²) in [5, 5.41) is 9.09. The van der Waals surface area contributed by atoms with Gasteiger partial charge in [-0.15, -0.1) is 12.6 Å². The van der Waals surface area contributed by atoms with Crippen molar-refractivity contribution in [1.29, 1.82) is 0 Å². The minimum Gasteiger partial charge on any atom is -0.480 e. The Bertz CT molecular complexity index is 803. The van der Waals surface area contributed by atoms with Crippen LogP contribution in [0.2, 0.25) is 0 Å². The molecule has 1 N–H and O–H groups in total. The number of aliphatic carboxylic acids is 1. The molecule has 0 radical (unpaired) electrons. The molecule has 1 atom stereocenters. The van der Waals surface area contributed by atoms with E-state index < -0.39 is 57.4 Å². The molecule has 0 spiro atoms. The van der Waals surface area contributed by atoms with Crippen LogP contribution in [0.3, 0.4) is 0 Å². The van der Waals surface area contributed by atoms with Crippen molar-refractivity contribution in [3.05, 3.63) is 35.4 Å². The van der Waals surface area contributed by atoms with Crippen LogP contribution in [0.25, 0.3) is 5.57 Å².